The summed E-state index contributed by atoms with van der Waals surface area (Å²) >= 11 is 0. The van der Waals surface area contributed by atoms with Crippen molar-refractivity contribution in [2.75, 3.05) is 12.0 Å². The maximum Gasteiger partial charge on any atom is 0.339 e. The van der Waals surface area contributed by atoms with E-state index in [1.807, 2.05) is 25.7 Å². The lowest BCUT2D eigenvalue weighted by atomic mass is 9.96. The van der Waals surface area contributed by atoms with E-state index in [4.69, 9.17) is 0 Å². The van der Waals surface area contributed by atoms with E-state index >= 15 is 0 Å². The van der Waals surface area contributed by atoms with Gasteiger partial charge in [0, 0.05) is 24.2 Å². The standard InChI is InChI=1S/C14H18N2O3/c1-8(2)16-9(3)12(17)6-10-5-11(14(18)19-4)7-15-13(10)16/h5,7-9H,6H2,1-4H3/t9-/m0/s1. The minimum absolute atomic E-state index is 0.144. The molecule has 0 bridgehead atoms. The van der Waals surface area contributed by atoms with Gasteiger partial charge in [-0.1, -0.05) is 0 Å². The topological polar surface area (TPSA) is 59.5 Å². The number of aromatic nitrogens is 1. The van der Waals surface area contributed by atoms with Gasteiger partial charge in [-0.3, -0.25) is 4.79 Å². The quantitative estimate of drug-likeness (QED) is 0.758. The fourth-order valence-electron chi connectivity index (χ4n) is 2.46. The highest BCUT2D eigenvalue weighted by molar-refractivity contribution is 5.94. The van der Waals surface area contributed by atoms with E-state index in [0.717, 1.165) is 11.4 Å². The molecule has 0 radical (unpaired) electrons. The van der Waals surface area contributed by atoms with Gasteiger partial charge in [0.05, 0.1) is 18.7 Å². The lowest BCUT2D eigenvalue weighted by Crippen LogP contribution is -2.48. The van der Waals surface area contributed by atoms with Crippen molar-refractivity contribution >= 4 is 17.6 Å². The molecule has 1 aliphatic rings. The predicted octanol–water partition coefficient (Wildman–Crippen LogP) is 1.60. The van der Waals surface area contributed by atoms with Crippen molar-refractivity contribution in [1.29, 1.82) is 0 Å². The van der Waals surface area contributed by atoms with Crippen LogP contribution in [0.5, 0.6) is 0 Å². The number of Topliss-reactive ketones (excluding diaryl/α,β-unsaturated/α-hetero) is 1. The second kappa shape index (κ2) is 4.99. The molecule has 0 N–H and O–H groups in total. The molecule has 5 heteroatoms. The van der Waals surface area contributed by atoms with Crippen molar-refractivity contribution in [1.82, 2.24) is 4.98 Å². The Morgan fingerprint density at radius 1 is 1.53 bits per heavy atom. The number of carbonyl (C=O) groups is 2. The zero-order valence-electron chi connectivity index (χ0n) is 11.6. The first-order valence-corrected chi connectivity index (χ1v) is 6.34. The molecule has 5 nitrogen and oxygen atoms in total. The number of ether oxygens (including phenoxy) is 1. The molecular weight excluding hydrogens is 244 g/mol. The van der Waals surface area contributed by atoms with Gasteiger partial charge in [-0.05, 0) is 26.8 Å². The van der Waals surface area contributed by atoms with Crippen molar-refractivity contribution < 1.29 is 14.3 Å². The minimum Gasteiger partial charge on any atom is -0.465 e. The first kappa shape index (κ1) is 13.5. The summed E-state index contributed by atoms with van der Waals surface area (Å²) in [6, 6.07) is 1.70. The van der Waals surface area contributed by atoms with Gasteiger partial charge in [-0.2, -0.15) is 0 Å². The van der Waals surface area contributed by atoms with Crippen LogP contribution in [-0.2, 0) is 16.0 Å². The van der Waals surface area contributed by atoms with E-state index in [1.54, 1.807) is 6.07 Å². The molecule has 0 amide bonds. The van der Waals surface area contributed by atoms with E-state index < -0.39 is 5.97 Å². The molecule has 0 aliphatic carbocycles. The number of pyridine rings is 1. The van der Waals surface area contributed by atoms with Gasteiger partial charge >= 0.3 is 5.97 Å². The summed E-state index contributed by atoms with van der Waals surface area (Å²) in [4.78, 5) is 29.9. The number of methoxy groups -OCH3 is 1. The SMILES string of the molecule is COC(=O)c1cnc2c(c1)CC(=O)[C@H](C)N2C(C)C. The van der Waals surface area contributed by atoms with Crippen LogP contribution in [0.3, 0.4) is 0 Å². The molecule has 0 aromatic carbocycles. The number of hydrogen-bond donors (Lipinski definition) is 0. The summed E-state index contributed by atoms with van der Waals surface area (Å²) in [6.07, 6.45) is 1.82. The molecule has 1 aromatic heterocycles. The Hall–Kier alpha value is -1.91. The molecular formula is C14H18N2O3. The summed E-state index contributed by atoms with van der Waals surface area (Å²) in [6.45, 7) is 5.94. The van der Waals surface area contributed by atoms with E-state index in [9.17, 15) is 9.59 Å². The largest absolute Gasteiger partial charge is 0.465 e. The second-order valence-electron chi connectivity index (χ2n) is 5.02. The average Bonchev–Trinajstić information content (AvgIpc) is 2.38. The van der Waals surface area contributed by atoms with Crippen LogP contribution in [-0.4, -0.2) is 35.9 Å². The zero-order chi connectivity index (χ0) is 14.2. The normalized spacial score (nSPS) is 18.5. The van der Waals surface area contributed by atoms with Crippen molar-refractivity contribution in [3.63, 3.8) is 0 Å². The van der Waals surface area contributed by atoms with E-state index in [1.165, 1.54) is 13.3 Å². The average molecular weight is 262 g/mol. The monoisotopic (exact) mass is 262 g/mol. The fraction of sp³-hybridized carbons (Fsp3) is 0.500. The third kappa shape index (κ3) is 2.32. The molecule has 2 rings (SSSR count). The van der Waals surface area contributed by atoms with Crippen LogP contribution in [0, 0.1) is 0 Å². The van der Waals surface area contributed by atoms with Crippen LogP contribution < -0.4 is 4.90 Å². The number of rotatable bonds is 2. The maximum absolute atomic E-state index is 12.0. The van der Waals surface area contributed by atoms with Gasteiger partial charge in [0.2, 0.25) is 0 Å². The number of hydrogen-bond acceptors (Lipinski definition) is 5. The van der Waals surface area contributed by atoms with Crippen LogP contribution >= 0.6 is 0 Å². The number of esters is 1. The Morgan fingerprint density at radius 3 is 2.79 bits per heavy atom. The summed E-state index contributed by atoms with van der Waals surface area (Å²) in [5.41, 5.74) is 1.17. The number of fused-ring (bicyclic) bond motifs is 1. The molecule has 0 saturated heterocycles. The Morgan fingerprint density at radius 2 is 2.21 bits per heavy atom. The van der Waals surface area contributed by atoms with E-state index in [0.29, 0.717) is 12.0 Å². The number of anilines is 1. The van der Waals surface area contributed by atoms with Gasteiger partial charge in [-0.25, -0.2) is 9.78 Å². The molecule has 1 atom stereocenters. The van der Waals surface area contributed by atoms with Gasteiger partial charge in [0.1, 0.15) is 5.82 Å². The van der Waals surface area contributed by atoms with Crippen LogP contribution in [0.15, 0.2) is 12.3 Å². The highest BCUT2D eigenvalue weighted by Gasteiger charge is 2.32. The Labute approximate surface area is 112 Å². The van der Waals surface area contributed by atoms with Gasteiger partial charge < -0.3 is 9.64 Å². The molecule has 102 valence electrons. The Bertz CT molecular complexity index is 525. The lowest BCUT2D eigenvalue weighted by molar-refractivity contribution is -0.119. The van der Waals surface area contributed by atoms with Crippen LogP contribution in [0.25, 0.3) is 0 Å². The first-order valence-electron chi connectivity index (χ1n) is 6.34. The number of ketones is 1. The molecule has 0 unspecified atom stereocenters. The van der Waals surface area contributed by atoms with Crippen LogP contribution in [0.1, 0.15) is 36.7 Å². The summed E-state index contributed by atoms with van der Waals surface area (Å²) < 4.78 is 4.67. The molecule has 1 aromatic rings. The summed E-state index contributed by atoms with van der Waals surface area (Å²) in [7, 11) is 1.33. The van der Waals surface area contributed by atoms with Gasteiger partial charge in [0.25, 0.3) is 0 Å². The van der Waals surface area contributed by atoms with E-state index in [-0.39, 0.29) is 17.9 Å². The Balaban J connectivity index is 2.48. The molecule has 2 heterocycles. The number of nitrogens with zero attached hydrogens (tertiary/aromatic N) is 2. The number of carbonyl (C=O) groups excluding carboxylic acids is 2. The van der Waals surface area contributed by atoms with Crippen molar-refractivity contribution in [2.24, 2.45) is 0 Å². The van der Waals surface area contributed by atoms with Gasteiger partial charge in [0.15, 0.2) is 5.78 Å². The smallest absolute Gasteiger partial charge is 0.339 e. The third-order valence-electron chi connectivity index (χ3n) is 3.41. The van der Waals surface area contributed by atoms with Crippen molar-refractivity contribution in [3.05, 3.63) is 23.4 Å². The maximum atomic E-state index is 12.0. The predicted molar refractivity (Wildman–Crippen MR) is 71.4 cm³/mol. The minimum atomic E-state index is -0.433. The van der Waals surface area contributed by atoms with Crippen molar-refractivity contribution in [2.45, 2.75) is 39.3 Å². The highest BCUT2D eigenvalue weighted by Crippen LogP contribution is 2.29. The van der Waals surface area contributed by atoms with Crippen LogP contribution in [0.2, 0.25) is 0 Å². The summed E-state index contributed by atoms with van der Waals surface area (Å²) in [5, 5.41) is 0. The molecule has 1 aliphatic heterocycles. The Kier molecular flexibility index (Phi) is 3.55. The van der Waals surface area contributed by atoms with E-state index in [2.05, 4.69) is 9.72 Å². The van der Waals surface area contributed by atoms with Crippen LogP contribution in [0.4, 0.5) is 5.82 Å². The van der Waals surface area contributed by atoms with Gasteiger partial charge in [-0.15, -0.1) is 0 Å². The molecule has 0 fully saturated rings. The fourth-order valence-corrected chi connectivity index (χ4v) is 2.46. The summed E-state index contributed by atoms with van der Waals surface area (Å²) in [5.74, 6) is 0.497. The first-order chi connectivity index (χ1) is 8.95. The highest BCUT2D eigenvalue weighted by atomic mass is 16.5. The lowest BCUT2D eigenvalue weighted by Gasteiger charge is -2.37. The molecule has 0 spiro atoms. The second-order valence-corrected chi connectivity index (χ2v) is 5.02. The molecule has 0 saturated carbocycles. The molecule has 19 heavy (non-hydrogen) atoms. The third-order valence-corrected chi connectivity index (χ3v) is 3.41. The zero-order valence-corrected chi connectivity index (χ0v) is 11.6. The van der Waals surface area contributed by atoms with Crippen molar-refractivity contribution in [3.8, 4) is 0 Å².